The smallest absolute Gasteiger partial charge is 0.345 e. The highest BCUT2D eigenvalue weighted by Crippen LogP contribution is 2.30. The molecule has 1 atom stereocenters. The highest BCUT2D eigenvalue weighted by Gasteiger charge is 2.19. The van der Waals surface area contributed by atoms with Gasteiger partial charge in [0.15, 0.2) is 6.10 Å². The number of rotatable bonds is 5. The summed E-state index contributed by atoms with van der Waals surface area (Å²) < 4.78 is 5.49. The molecule has 2 aromatic rings. The molecule has 0 radical (unpaired) electrons. The number of hydrogen-bond acceptors (Lipinski definition) is 3. The Morgan fingerprint density at radius 1 is 1.53 bits per heavy atom. The Morgan fingerprint density at radius 3 is 3.00 bits per heavy atom. The van der Waals surface area contributed by atoms with Gasteiger partial charge in [-0.1, -0.05) is 17.7 Å². The van der Waals surface area contributed by atoms with Crippen molar-refractivity contribution < 1.29 is 14.6 Å². The van der Waals surface area contributed by atoms with Crippen molar-refractivity contribution in [2.45, 2.75) is 12.5 Å². The van der Waals surface area contributed by atoms with Crippen LogP contribution in [-0.2, 0) is 4.79 Å². The quantitative estimate of drug-likeness (QED) is 0.852. The minimum absolute atomic E-state index is 0.215. The van der Waals surface area contributed by atoms with Crippen LogP contribution in [0.15, 0.2) is 43.1 Å². The predicted molar refractivity (Wildman–Crippen MR) is 73.6 cm³/mol. The number of hydrogen-bond donors (Lipinski definition) is 1. The molecular weight excluding hydrogens is 266 g/mol. The van der Waals surface area contributed by atoms with Crippen molar-refractivity contribution in [3.63, 3.8) is 0 Å². The van der Waals surface area contributed by atoms with Crippen LogP contribution in [0.25, 0.3) is 10.9 Å². The molecule has 0 fully saturated rings. The molecule has 0 aliphatic rings. The number of nitrogens with zero attached hydrogens (tertiary/aromatic N) is 1. The van der Waals surface area contributed by atoms with Crippen LogP contribution >= 0.6 is 11.6 Å². The van der Waals surface area contributed by atoms with Gasteiger partial charge in [0.25, 0.3) is 0 Å². The van der Waals surface area contributed by atoms with Crippen LogP contribution in [0, 0.1) is 0 Å². The molecule has 2 rings (SSSR count). The molecule has 0 spiro atoms. The molecule has 5 heteroatoms. The van der Waals surface area contributed by atoms with Gasteiger partial charge in [-0.25, -0.2) is 4.79 Å². The van der Waals surface area contributed by atoms with E-state index >= 15 is 0 Å². The van der Waals surface area contributed by atoms with Crippen molar-refractivity contribution >= 4 is 28.5 Å². The molecule has 4 nitrogen and oxygen atoms in total. The van der Waals surface area contributed by atoms with Crippen LogP contribution in [0.2, 0.25) is 5.02 Å². The zero-order chi connectivity index (χ0) is 13.8. The number of carbonyl (C=O) groups is 1. The Labute approximate surface area is 115 Å². The first-order valence-electron chi connectivity index (χ1n) is 5.67. The van der Waals surface area contributed by atoms with Gasteiger partial charge in [0, 0.05) is 18.0 Å². The maximum absolute atomic E-state index is 11.1. The number of pyridine rings is 1. The zero-order valence-corrected chi connectivity index (χ0v) is 10.8. The van der Waals surface area contributed by atoms with Crippen LogP contribution in [0.5, 0.6) is 5.75 Å². The average molecular weight is 278 g/mol. The van der Waals surface area contributed by atoms with Gasteiger partial charge in [0.05, 0.1) is 5.02 Å². The second-order valence-electron chi connectivity index (χ2n) is 3.91. The van der Waals surface area contributed by atoms with Crippen molar-refractivity contribution in [1.82, 2.24) is 4.98 Å². The molecule has 0 saturated heterocycles. The third-order valence-electron chi connectivity index (χ3n) is 2.60. The van der Waals surface area contributed by atoms with Crippen LogP contribution < -0.4 is 4.74 Å². The molecular formula is C14H12ClNO3. The minimum atomic E-state index is -1.04. The molecule has 0 aliphatic carbocycles. The van der Waals surface area contributed by atoms with E-state index in [0.29, 0.717) is 16.3 Å². The third kappa shape index (κ3) is 2.85. The van der Waals surface area contributed by atoms with Gasteiger partial charge >= 0.3 is 5.97 Å². The summed E-state index contributed by atoms with van der Waals surface area (Å²) in [6.45, 7) is 3.52. The molecule has 1 N–H and O–H groups in total. The highest BCUT2D eigenvalue weighted by molar-refractivity contribution is 6.35. The highest BCUT2D eigenvalue weighted by atomic mass is 35.5. The van der Waals surface area contributed by atoms with Gasteiger partial charge in [-0.2, -0.15) is 0 Å². The summed E-state index contributed by atoms with van der Waals surface area (Å²) in [5.74, 6) is -0.645. The van der Waals surface area contributed by atoms with Crippen molar-refractivity contribution in [3.8, 4) is 5.75 Å². The summed E-state index contributed by atoms with van der Waals surface area (Å²) in [5.41, 5.74) is 0.547. The topological polar surface area (TPSA) is 59.4 Å². The zero-order valence-electron chi connectivity index (χ0n) is 10.0. The van der Waals surface area contributed by atoms with E-state index in [9.17, 15) is 4.79 Å². The lowest BCUT2D eigenvalue weighted by Gasteiger charge is -2.15. The van der Waals surface area contributed by atoms with E-state index in [1.54, 1.807) is 30.5 Å². The number of benzene rings is 1. The molecule has 0 aliphatic heterocycles. The number of aromatic nitrogens is 1. The first kappa shape index (κ1) is 13.4. The molecule has 0 saturated carbocycles. The largest absolute Gasteiger partial charge is 0.478 e. The number of fused-ring (bicyclic) bond motifs is 1. The number of carboxylic acid groups (broad SMARTS) is 1. The van der Waals surface area contributed by atoms with Gasteiger partial charge in [0.2, 0.25) is 0 Å². The fourth-order valence-corrected chi connectivity index (χ4v) is 1.93. The lowest BCUT2D eigenvalue weighted by Crippen LogP contribution is -2.26. The van der Waals surface area contributed by atoms with Gasteiger partial charge in [-0.3, -0.25) is 4.98 Å². The van der Waals surface area contributed by atoms with Crippen molar-refractivity contribution in [2.75, 3.05) is 0 Å². The molecule has 1 unspecified atom stereocenters. The number of carboxylic acids is 1. The summed E-state index contributed by atoms with van der Waals surface area (Å²) in [7, 11) is 0. The van der Waals surface area contributed by atoms with E-state index in [-0.39, 0.29) is 6.42 Å². The Morgan fingerprint density at radius 2 is 2.32 bits per heavy atom. The molecule has 0 bridgehead atoms. The Balaban J connectivity index is 2.42. The Hall–Kier alpha value is -2.07. The lowest BCUT2D eigenvalue weighted by atomic mass is 10.2. The number of aliphatic carboxylic acids is 1. The van der Waals surface area contributed by atoms with E-state index < -0.39 is 12.1 Å². The summed E-state index contributed by atoms with van der Waals surface area (Å²) in [5, 5.41) is 10.3. The monoisotopic (exact) mass is 277 g/mol. The van der Waals surface area contributed by atoms with Gasteiger partial charge < -0.3 is 9.84 Å². The molecule has 1 aromatic heterocycles. The molecule has 19 heavy (non-hydrogen) atoms. The normalized spacial score (nSPS) is 12.1. The van der Waals surface area contributed by atoms with Gasteiger partial charge in [-0.15, -0.1) is 6.58 Å². The van der Waals surface area contributed by atoms with Crippen molar-refractivity contribution in [3.05, 3.63) is 48.1 Å². The molecule has 1 heterocycles. The second-order valence-corrected chi connectivity index (χ2v) is 4.32. The maximum Gasteiger partial charge on any atom is 0.345 e. The molecule has 98 valence electrons. The summed E-state index contributed by atoms with van der Waals surface area (Å²) in [6.07, 6.45) is 2.34. The van der Waals surface area contributed by atoms with E-state index in [1.807, 2.05) is 0 Å². The summed E-state index contributed by atoms with van der Waals surface area (Å²) in [4.78, 5) is 15.3. The average Bonchev–Trinajstić information content (AvgIpc) is 2.41. The minimum Gasteiger partial charge on any atom is -0.478 e. The summed E-state index contributed by atoms with van der Waals surface area (Å²) >= 11 is 6.06. The van der Waals surface area contributed by atoms with Gasteiger partial charge in [-0.05, 0) is 24.3 Å². The van der Waals surface area contributed by atoms with Crippen LogP contribution in [0.1, 0.15) is 6.42 Å². The molecule has 0 amide bonds. The van der Waals surface area contributed by atoms with Gasteiger partial charge in [0.1, 0.15) is 11.3 Å². The predicted octanol–water partition coefficient (Wildman–Crippen LogP) is 3.30. The fraction of sp³-hybridized carbons (Fsp3) is 0.143. The second kappa shape index (κ2) is 5.71. The van der Waals surface area contributed by atoms with E-state index in [2.05, 4.69) is 11.6 Å². The number of ether oxygens (including phenoxy) is 1. The first-order valence-corrected chi connectivity index (χ1v) is 6.05. The fourth-order valence-electron chi connectivity index (χ4n) is 1.71. The Kier molecular flexibility index (Phi) is 4.02. The maximum atomic E-state index is 11.1. The van der Waals surface area contributed by atoms with Crippen molar-refractivity contribution in [1.29, 1.82) is 0 Å². The van der Waals surface area contributed by atoms with Crippen LogP contribution in [0.4, 0.5) is 0 Å². The first-order chi connectivity index (χ1) is 9.13. The van der Waals surface area contributed by atoms with E-state index in [4.69, 9.17) is 21.4 Å². The Bertz CT molecular complexity index is 627. The van der Waals surface area contributed by atoms with Crippen LogP contribution in [0.3, 0.4) is 0 Å². The standard InChI is InChI=1S/C14H12ClNO3/c1-2-4-12(14(17)18)19-11-7-6-10(15)9-5-3-8-16-13(9)11/h2-3,5-8,12H,1,4H2,(H,17,18). The van der Waals surface area contributed by atoms with E-state index in [1.165, 1.54) is 6.08 Å². The van der Waals surface area contributed by atoms with Crippen molar-refractivity contribution in [2.24, 2.45) is 0 Å². The van der Waals surface area contributed by atoms with Crippen LogP contribution in [-0.4, -0.2) is 22.2 Å². The number of halogens is 1. The lowest BCUT2D eigenvalue weighted by molar-refractivity contribution is -0.144. The molecule has 1 aromatic carbocycles. The van der Waals surface area contributed by atoms with E-state index in [0.717, 1.165) is 5.39 Å². The third-order valence-corrected chi connectivity index (χ3v) is 2.93. The summed E-state index contributed by atoms with van der Waals surface area (Å²) in [6, 6.07) is 6.85. The SMILES string of the molecule is C=CCC(Oc1ccc(Cl)c2cccnc12)C(=O)O.